The van der Waals surface area contributed by atoms with E-state index in [4.69, 9.17) is 17.3 Å². The molecule has 90 valence electrons. The molecule has 2 rings (SSSR count). The highest BCUT2D eigenvalue weighted by Gasteiger charge is 2.24. The van der Waals surface area contributed by atoms with Crippen LogP contribution in [0.25, 0.3) is 0 Å². The molecule has 1 aromatic rings. The van der Waals surface area contributed by atoms with Crippen molar-refractivity contribution in [1.82, 2.24) is 4.90 Å². The SMILES string of the molecule is CC1CCC(CN)CN1Cc1ccc(Cl)s1. The van der Waals surface area contributed by atoms with Crippen LogP contribution < -0.4 is 5.73 Å². The summed E-state index contributed by atoms with van der Waals surface area (Å²) in [4.78, 5) is 3.89. The maximum absolute atomic E-state index is 5.95. The van der Waals surface area contributed by atoms with Crippen LogP contribution in [0.1, 0.15) is 24.6 Å². The van der Waals surface area contributed by atoms with Crippen LogP contribution in [-0.2, 0) is 6.54 Å². The van der Waals surface area contributed by atoms with Gasteiger partial charge in [0.15, 0.2) is 0 Å². The van der Waals surface area contributed by atoms with E-state index in [-0.39, 0.29) is 0 Å². The van der Waals surface area contributed by atoms with Crippen LogP contribution in [0.2, 0.25) is 4.34 Å². The van der Waals surface area contributed by atoms with Crippen molar-refractivity contribution in [3.05, 3.63) is 21.3 Å². The minimum absolute atomic E-state index is 0.670. The Balaban J connectivity index is 1.96. The van der Waals surface area contributed by atoms with E-state index < -0.39 is 0 Å². The molecular weight excluding hydrogens is 240 g/mol. The smallest absolute Gasteiger partial charge is 0.0931 e. The fourth-order valence-electron chi connectivity index (χ4n) is 2.31. The molecule has 2 unspecified atom stereocenters. The molecule has 1 aliphatic heterocycles. The zero-order valence-corrected chi connectivity index (χ0v) is 11.2. The Morgan fingerprint density at radius 1 is 1.50 bits per heavy atom. The molecule has 0 spiro atoms. The van der Waals surface area contributed by atoms with Crippen molar-refractivity contribution in [3.63, 3.8) is 0 Å². The van der Waals surface area contributed by atoms with Crippen molar-refractivity contribution in [1.29, 1.82) is 0 Å². The third-order valence-corrected chi connectivity index (χ3v) is 4.65. The first-order chi connectivity index (χ1) is 7.69. The molecule has 16 heavy (non-hydrogen) atoms. The number of nitrogens with two attached hydrogens (primary N) is 1. The minimum atomic E-state index is 0.670. The van der Waals surface area contributed by atoms with Gasteiger partial charge in [0, 0.05) is 24.0 Å². The average molecular weight is 259 g/mol. The fraction of sp³-hybridized carbons (Fsp3) is 0.667. The highest BCUT2D eigenvalue weighted by molar-refractivity contribution is 7.16. The third kappa shape index (κ3) is 2.98. The molecule has 1 aliphatic rings. The van der Waals surface area contributed by atoms with Gasteiger partial charge in [-0.15, -0.1) is 11.3 Å². The second-order valence-corrected chi connectivity index (χ2v) is 6.46. The van der Waals surface area contributed by atoms with Gasteiger partial charge in [-0.25, -0.2) is 0 Å². The Morgan fingerprint density at radius 3 is 2.94 bits per heavy atom. The first kappa shape index (κ1) is 12.4. The van der Waals surface area contributed by atoms with Crippen LogP contribution in [0.5, 0.6) is 0 Å². The lowest BCUT2D eigenvalue weighted by molar-refractivity contribution is 0.114. The molecule has 2 heterocycles. The largest absolute Gasteiger partial charge is 0.330 e. The van der Waals surface area contributed by atoms with E-state index in [9.17, 15) is 0 Å². The van der Waals surface area contributed by atoms with Gasteiger partial charge in [-0.1, -0.05) is 11.6 Å². The Labute approximate surface area is 106 Å². The van der Waals surface area contributed by atoms with Gasteiger partial charge in [-0.2, -0.15) is 0 Å². The lowest BCUT2D eigenvalue weighted by Gasteiger charge is -2.37. The highest BCUT2D eigenvalue weighted by Crippen LogP contribution is 2.27. The maximum Gasteiger partial charge on any atom is 0.0931 e. The summed E-state index contributed by atoms with van der Waals surface area (Å²) >= 11 is 7.64. The first-order valence-corrected chi connectivity index (χ1v) is 7.07. The van der Waals surface area contributed by atoms with Gasteiger partial charge in [0.05, 0.1) is 4.34 Å². The Hall–Kier alpha value is -0.0900. The standard InChI is InChI=1S/C12H19ClN2S/c1-9-2-3-10(6-14)7-15(9)8-11-4-5-12(13)16-11/h4-5,9-10H,2-3,6-8,14H2,1H3. The van der Waals surface area contributed by atoms with Gasteiger partial charge in [0.2, 0.25) is 0 Å². The van der Waals surface area contributed by atoms with E-state index in [1.54, 1.807) is 11.3 Å². The van der Waals surface area contributed by atoms with Gasteiger partial charge < -0.3 is 5.73 Å². The molecule has 0 aliphatic carbocycles. The summed E-state index contributed by atoms with van der Waals surface area (Å²) in [6.45, 7) is 5.28. The van der Waals surface area contributed by atoms with E-state index in [2.05, 4.69) is 17.9 Å². The van der Waals surface area contributed by atoms with Crippen molar-refractivity contribution in [2.45, 2.75) is 32.4 Å². The molecule has 4 heteroatoms. The van der Waals surface area contributed by atoms with Crippen molar-refractivity contribution >= 4 is 22.9 Å². The lowest BCUT2D eigenvalue weighted by Crippen LogP contribution is -2.43. The molecule has 1 saturated heterocycles. The van der Waals surface area contributed by atoms with Gasteiger partial charge in [0.1, 0.15) is 0 Å². The minimum Gasteiger partial charge on any atom is -0.330 e. The van der Waals surface area contributed by atoms with Crippen LogP contribution in [0, 0.1) is 5.92 Å². The number of piperidine rings is 1. The van der Waals surface area contributed by atoms with Crippen LogP contribution in [0.3, 0.4) is 0 Å². The molecule has 0 bridgehead atoms. The molecule has 0 saturated carbocycles. The van der Waals surface area contributed by atoms with E-state index in [0.29, 0.717) is 12.0 Å². The zero-order chi connectivity index (χ0) is 11.5. The molecule has 1 aromatic heterocycles. The summed E-state index contributed by atoms with van der Waals surface area (Å²) < 4.78 is 0.884. The molecule has 0 amide bonds. The third-order valence-electron chi connectivity index (χ3n) is 3.43. The van der Waals surface area contributed by atoms with Crippen molar-refractivity contribution in [3.8, 4) is 0 Å². The Bertz CT molecular complexity index is 340. The topological polar surface area (TPSA) is 29.3 Å². The average Bonchev–Trinajstić information content (AvgIpc) is 2.67. The normalized spacial score (nSPS) is 27.2. The van der Waals surface area contributed by atoms with E-state index in [0.717, 1.165) is 24.0 Å². The number of hydrogen-bond acceptors (Lipinski definition) is 3. The summed E-state index contributed by atoms with van der Waals surface area (Å²) in [7, 11) is 0. The van der Waals surface area contributed by atoms with Gasteiger partial charge in [0.25, 0.3) is 0 Å². The second kappa shape index (κ2) is 5.50. The van der Waals surface area contributed by atoms with Crippen LogP contribution >= 0.6 is 22.9 Å². The van der Waals surface area contributed by atoms with Gasteiger partial charge in [-0.3, -0.25) is 4.90 Å². The van der Waals surface area contributed by atoms with Crippen LogP contribution in [-0.4, -0.2) is 24.0 Å². The number of nitrogens with zero attached hydrogens (tertiary/aromatic N) is 1. The summed E-state index contributed by atoms with van der Waals surface area (Å²) in [5, 5.41) is 0. The molecule has 2 nitrogen and oxygen atoms in total. The van der Waals surface area contributed by atoms with Crippen LogP contribution in [0.15, 0.2) is 12.1 Å². The number of likely N-dealkylation sites (tertiary alicyclic amines) is 1. The van der Waals surface area contributed by atoms with E-state index in [1.807, 2.05) is 6.07 Å². The predicted molar refractivity (Wildman–Crippen MR) is 71.0 cm³/mol. The molecule has 2 N–H and O–H groups in total. The lowest BCUT2D eigenvalue weighted by atomic mass is 9.93. The molecule has 0 aromatic carbocycles. The number of halogens is 1. The van der Waals surface area contributed by atoms with Gasteiger partial charge in [-0.05, 0) is 44.4 Å². The van der Waals surface area contributed by atoms with E-state index in [1.165, 1.54) is 17.7 Å². The highest BCUT2D eigenvalue weighted by atomic mass is 35.5. The number of hydrogen-bond donors (Lipinski definition) is 1. The van der Waals surface area contributed by atoms with Crippen LogP contribution in [0.4, 0.5) is 0 Å². The quantitative estimate of drug-likeness (QED) is 0.903. The zero-order valence-electron chi connectivity index (χ0n) is 9.66. The van der Waals surface area contributed by atoms with Crippen molar-refractivity contribution in [2.24, 2.45) is 11.7 Å². The number of thiophene rings is 1. The molecule has 0 radical (unpaired) electrons. The monoisotopic (exact) mass is 258 g/mol. The Kier molecular flexibility index (Phi) is 4.25. The molecule has 2 atom stereocenters. The Morgan fingerprint density at radius 2 is 2.31 bits per heavy atom. The summed E-state index contributed by atoms with van der Waals surface area (Å²) in [6, 6.07) is 4.78. The van der Waals surface area contributed by atoms with Crippen molar-refractivity contribution in [2.75, 3.05) is 13.1 Å². The maximum atomic E-state index is 5.95. The van der Waals surface area contributed by atoms with Crippen molar-refractivity contribution < 1.29 is 0 Å². The molecular formula is C12H19ClN2S. The predicted octanol–water partition coefficient (Wildman–Crippen LogP) is 2.96. The number of rotatable bonds is 3. The molecule has 1 fully saturated rings. The summed E-state index contributed by atoms with van der Waals surface area (Å²) in [5.41, 5.74) is 5.76. The summed E-state index contributed by atoms with van der Waals surface area (Å²) in [6.07, 6.45) is 2.54. The van der Waals surface area contributed by atoms with Gasteiger partial charge >= 0.3 is 0 Å². The summed E-state index contributed by atoms with van der Waals surface area (Å²) in [5.74, 6) is 0.673. The first-order valence-electron chi connectivity index (χ1n) is 5.87. The van der Waals surface area contributed by atoms with E-state index >= 15 is 0 Å². The fourth-order valence-corrected chi connectivity index (χ4v) is 3.43. The second-order valence-electron chi connectivity index (χ2n) is 4.66.